The van der Waals surface area contributed by atoms with E-state index in [0.29, 0.717) is 11.1 Å². The molecule has 1 aliphatic rings. The number of benzene rings is 2. The fourth-order valence-corrected chi connectivity index (χ4v) is 4.01. The van der Waals surface area contributed by atoms with Gasteiger partial charge in [0.25, 0.3) is 5.91 Å². The van der Waals surface area contributed by atoms with Gasteiger partial charge in [0, 0.05) is 0 Å². The van der Waals surface area contributed by atoms with E-state index in [1.165, 1.54) is 18.2 Å². The Kier molecular flexibility index (Phi) is 8.00. The fourth-order valence-electron chi connectivity index (χ4n) is 2.75. The highest BCUT2D eigenvalue weighted by molar-refractivity contribution is 8.26. The van der Waals surface area contributed by atoms with Crippen molar-refractivity contribution < 1.29 is 46.1 Å². The van der Waals surface area contributed by atoms with E-state index in [-0.39, 0.29) is 27.3 Å². The molecule has 0 aromatic heterocycles. The highest BCUT2D eigenvalue weighted by Gasteiger charge is 2.58. The van der Waals surface area contributed by atoms with E-state index >= 15 is 0 Å². The third-order valence-electron chi connectivity index (χ3n) is 4.49. The lowest BCUT2D eigenvalue weighted by Crippen LogP contribution is -2.41. The number of ether oxygens (including phenoxy) is 2. The van der Waals surface area contributed by atoms with Crippen LogP contribution < -0.4 is 9.47 Å². The zero-order valence-electron chi connectivity index (χ0n) is 17.6. The van der Waals surface area contributed by atoms with Gasteiger partial charge < -0.3 is 14.6 Å². The molecule has 6 nitrogen and oxygen atoms in total. The molecule has 0 saturated carbocycles. The van der Waals surface area contributed by atoms with Gasteiger partial charge in [0.15, 0.2) is 18.1 Å². The smallest absolute Gasteiger partial charge is 0.456 e. The van der Waals surface area contributed by atoms with E-state index in [2.05, 4.69) is 0 Å². The van der Waals surface area contributed by atoms with Gasteiger partial charge in [-0.05, 0) is 29.3 Å². The van der Waals surface area contributed by atoms with Crippen molar-refractivity contribution in [3.63, 3.8) is 0 Å². The van der Waals surface area contributed by atoms with E-state index < -0.39 is 37.1 Å². The zero-order chi connectivity index (χ0) is 25.8. The predicted octanol–water partition coefficient (Wildman–Crippen LogP) is 5.13. The van der Waals surface area contributed by atoms with E-state index in [1.807, 2.05) is 0 Å². The summed E-state index contributed by atoms with van der Waals surface area (Å²) in [7, 11) is 0. The number of halogens is 5. The molecule has 2 aromatic rings. The number of thioether (sulfide) groups is 1. The maximum Gasteiger partial charge on any atom is 0.456 e. The summed E-state index contributed by atoms with van der Waals surface area (Å²) >= 11 is 5.89. The first-order valence-corrected chi connectivity index (χ1v) is 10.9. The first kappa shape index (κ1) is 26.4. The highest BCUT2D eigenvalue weighted by atomic mass is 32.2. The number of carboxylic acid groups (broad SMARTS) is 1. The summed E-state index contributed by atoms with van der Waals surface area (Å²) in [5.74, 6) is -7.47. The lowest BCUT2D eigenvalue weighted by molar-refractivity contribution is -0.290. The van der Waals surface area contributed by atoms with Crippen LogP contribution in [0.2, 0.25) is 0 Å². The Balaban J connectivity index is 1.87. The standard InChI is InChI=1S/C22H16F5NO5S2/c23-21(24,22(25,26)27)12-33-15-7-6-14(8-16(15)32-11-13-4-2-1-3-5-13)9-17-19(31)28(10-18(29)30)20(34)35-17/h1-9H,10-12H2,(H,29,30)/b17-9-. The largest absolute Gasteiger partial charge is 0.485 e. The van der Waals surface area contributed by atoms with Crippen LogP contribution in [0, 0.1) is 0 Å². The first-order valence-electron chi connectivity index (χ1n) is 9.72. The van der Waals surface area contributed by atoms with Gasteiger partial charge in [-0.25, -0.2) is 0 Å². The second-order valence-electron chi connectivity index (χ2n) is 7.13. The number of aliphatic carboxylic acids is 1. The molecule has 1 fully saturated rings. The molecule has 3 rings (SSSR count). The SMILES string of the molecule is O=C(O)CN1C(=O)/C(=C/c2ccc(OCC(F)(F)C(F)(F)F)c(OCc3ccccc3)c2)SC1=S. The molecule has 1 amide bonds. The van der Waals surface area contributed by atoms with Crippen molar-refractivity contribution in [2.45, 2.75) is 18.7 Å². The summed E-state index contributed by atoms with van der Waals surface area (Å²) in [6.07, 6.45) is -4.42. The van der Waals surface area contributed by atoms with Gasteiger partial charge in [0.1, 0.15) is 17.5 Å². The predicted molar refractivity (Wildman–Crippen MR) is 121 cm³/mol. The van der Waals surface area contributed by atoms with Crippen molar-refractivity contribution in [3.05, 3.63) is 64.6 Å². The molecule has 1 aliphatic heterocycles. The fraction of sp³-hybridized carbons (Fsp3) is 0.227. The Morgan fingerprint density at radius 2 is 1.74 bits per heavy atom. The Hall–Kier alpha value is -3.19. The third kappa shape index (κ3) is 6.69. The highest BCUT2D eigenvalue weighted by Crippen LogP contribution is 2.38. The monoisotopic (exact) mass is 533 g/mol. The molecule has 35 heavy (non-hydrogen) atoms. The van der Waals surface area contributed by atoms with Crippen molar-refractivity contribution in [3.8, 4) is 11.5 Å². The molecule has 1 heterocycles. The van der Waals surface area contributed by atoms with Crippen molar-refractivity contribution in [2.24, 2.45) is 0 Å². The molecule has 186 valence electrons. The summed E-state index contributed by atoms with van der Waals surface area (Å²) in [5, 5.41) is 8.93. The first-order chi connectivity index (χ1) is 16.4. The molecular weight excluding hydrogens is 517 g/mol. The number of carbonyl (C=O) groups excluding carboxylic acids is 1. The number of thiocarbonyl (C=S) groups is 1. The van der Waals surface area contributed by atoms with E-state index in [4.69, 9.17) is 26.8 Å². The number of carbonyl (C=O) groups is 2. The Bertz CT molecular complexity index is 1150. The average molecular weight is 533 g/mol. The second-order valence-corrected chi connectivity index (χ2v) is 8.81. The second kappa shape index (κ2) is 10.6. The normalized spacial score (nSPS) is 15.6. The summed E-state index contributed by atoms with van der Waals surface area (Å²) in [4.78, 5) is 24.4. The minimum absolute atomic E-state index is 0.0403. The Labute approximate surface area is 205 Å². The van der Waals surface area contributed by atoms with E-state index in [9.17, 15) is 31.5 Å². The van der Waals surface area contributed by atoms with Gasteiger partial charge in [-0.1, -0.05) is 60.4 Å². The van der Waals surface area contributed by atoms with E-state index in [1.54, 1.807) is 30.3 Å². The number of hydrogen-bond donors (Lipinski definition) is 1. The molecule has 0 spiro atoms. The number of nitrogens with zero attached hydrogens (tertiary/aromatic N) is 1. The van der Waals surface area contributed by atoms with Crippen LogP contribution in [0.4, 0.5) is 22.0 Å². The van der Waals surface area contributed by atoms with Crippen LogP contribution in [0.1, 0.15) is 11.1 Å². The van der Waals surface area contributed by atoms with Crippen LogP contribution in [-0.4, -0.2) is 51.5 Å². The van der Waals surface area contributed by atoms with Crippen LogP contribution in [0.15, 0.2) is 53.4 Å². The lowest BCUT2D eigenvalue weighted by Gasteiger charge is -2.21. The van der Waals surface area contributed by atoms with E-state index in [0.717, 1.165) is 22.7 Å². The average Bonchev–Trinajstić information content (AvgIpc) is 3.04. The van der Waals surface area contributed by atoms with Crippen LogP contribution in [-0.2, 0) is 16.2 Å². The van der Waals surface area contributed by atoms with Gasteiger partial charge >= 0.3 is 18.1 Å². The lowest BCUT2D eigenvalue weighted by atomic mass is 10.1. The third-order valence-corrected chi connectivity index (χ3v) is 5.87. The van der Waals surface area contributed by atoms with Gasteiger partial charge in [0.05, 0.1) is 4.91 Å². The summed E-state index contributed by atoms with van der Waals surface area (Å²) in [6, 6.07) is 12.4. The summed E-state index contributed by atoms with van der Waals surface area (Å²) < 4.78 is 74.7. The maximum absolute atomic E-state index is 13.4. The maximum atomic E-state index is 13.4. The van der Waals surface area contributed by atoms with Gasteiger partial charge in [-0.3, -0.25) is 14.5 Å². The zero-order valence-corrected chi connectivity index (χ0v) is 19.2. The molecule has 0 radical (unpaired) electrons. The Morgan fingerprint density at radius 1 is 1.06 bits per heavy atom. The Morgan fingerprint density at radius 3 is 2.37 bits per heavy atom. The summed E-state index contributed by atoms with van der Waals surface area (Å²) in [6.45, 7) is -2.62. The van der Waals surface area contributed by atoms with Crippen molar-refractivity contribution in [1.29, 1.82) is 0 Å². The van der Waals surface area contributed by atoms with Crippen molar-refractivity contribution in [1.82, 2.24) is 4.90 Å². The molecule has 0 bridgehead atoms. The quantitative estimate of drug-likeness (QED) is 0.272. The number of alkyl halides is 5. The number of rotatable bonds is 9. The molecule has 0 atom stereocenters. The molecule has 0 aliphatic carbocycles. The van der Waals surface area contributed by atoms with Crippen LogP contribution >= 0.6 is 24.0 Å². The molecular formula is C22H16F5NO5S2. The molecule has 13 heteroatoms. The van der Waals surface area contributed by atoms with Gasteiger partial charge in [-0.15, -0.1) is 0 Å². The molecule has 1 N–H and O–H groups in total. The minimum atomic E-state index is -5.79. The number of hydrogen-bond acceptors (Lipinski definition) is 6. The van der Waals surface area contributed by atoms with Gasteiger partial charge in [0.2, 0.25) is 0 Å². The summed E-state index contributed by atoms with van der Waals surface area (Å²) in [5.41, 5.74) is 1.01. The number of carboxylic acids is 1. The van der Waals surface area contributed by atoms with Crippen LogP contribution in [0.25, 0.3) is 6.08 Å². The molecule has 2 aromatic carbocycles. The molecule has 0 unspecified atom stereocenters. The topological polar surface area (TPSA) is 76.1 Å². The van der Waals surface area contributed by atoms with Gasteiger partial charge in [-0.2, -0.15) is 22.0 Å². The van der Waals surface area contributed by atoms with Crippen molar-refractivity contribution >= 4 is 46.3 Å². The van der Waals surface area contributed by atoms with Crippen molar-refractivity contribution in [2.75, 3.05) is 13.2 Å². The molecule has 1 saturated heterocycles. The minimum Gasteiger partial charge on any atom is -0.485 e. The van der Waals surface area contributed by atoms with Crippen LogP contribution in [0.3, 0.4) is 0 Å². The number of amides is 1. The van der Waals surface area contributed by atoms with Crippen LogP contribution in [0.5, 0.6) is 11.5 Å².